The second-order valence-corrected chi connectivity index (χ2v) is 12.1. The molecule has 0 saturated carbocycles. The smallest absolute Gasteiger partial charge is 0.322 e. The Kier molecular flexibility index (Phi) is 11.8. The van der Waals surface area contributed by atoms with Gasteiger partial charge in [-0.05, 0) is 41.0 Å². The van der Waals surface area contributed by atoms with E-state index in [1.807, 2.05) is 60.7 Å². The molecule has 1 aromatic heterocycles. The first kappa shape index (κ1) is 36.5. The Morgan fingerprint density at radius 2 is 1.23 bits per heavy atom. The van der Waals surface area contributed by atoms with E-state index < -0.39 is 65.1 Å². The number of hydrogen-bond acceptors (Lipinski definition) is 7. The Morgan fingerprint density at radius 1 is 0.673 bits per heavy atom. The zero-order valence-corrected chi connectivity index (χ0v) is 28.2. The Hall–Kier alpha value is -6.76. The number of carboxylic acid groups (broad SMARTS) is 1. The summed E-state index contributed by atoms with van der Waals surface area (Å²) in [5.74, 6) is -4.54. The summed E-state index contributed by atoms with van der Waals surface area (Å²) in [6.07, 6.45) is 0.308. The highest BCUT2D eigenvalue weighted by Crippen LogP contribution is 2.27. The summed E-state index contributed by atoms with van der Waals surface area (Å²) in [4.78, 5) is 77.2. The highest BCUT2D eigenvalue weighted by molar-refractivity contribution is 6.03. The summed E-state index contributed by atoms with van der Waals surface area (Å²) in [5, 5.41) is 30.6. The number of fused-ring (bicyclic) bond motifs is 1. The number of carboxylic acids is 1. The SMILES string of the molecule is Cn1c(=O)c(C(=O)NCC(=O)O)c(O)c2cc(CNC(=O)[C@@H](Cc3ccccc3)NC(=O)[C@H](Cc3ccccc3)NC(=O)c3ccccc3)ccc21. The van der Waals surface area contributed by atoms with Gasteiger partial charge in [-0.3, -0.25) is 28.8 Å². The lowest BCUT2D eigenvalue weighted by molar-refractivity contribution is -0.135. The molecule has 13 nitrogen and oxygen atoms in total. The van der Waals surface area contributed by atoms with Crippen LogP contribution in [0.25, 0.3) is 10.9 Å². The molecule has 4 aromatic carbocycles. The van der Waals surface area contributed by atoms with Crippen molar-refractivity contribution in [1.29, 1.82) is 0 Å². The minimum Gasteiger partial charge on any atom is -0.506 e. The Morgan fingerprint density at radius 3 is 1.81 bits per heavy atom. The number of nitrogens with zero attached hydrogens (tertiary/aromatic N) is 1. The Balaban J connectivity index is 1.38. The van der Waals surface area contributed by atoms with Crippen LogP contribution in [-0.4, -0.2) is 63.0 Å². The third kappa shape index (κ3) is 9.07. The monoisotopic (exact) mass is 703 g/mol. The van der Waals surface area contributed by atoms with Crippen molar-refractivity contribution in [1.82, 2.24) is 25.8 Å². The van der Waals surface area contributed by atoms with Gasteiger partial charge in [0, 0.05) is 37.4 Å². The second-order valence-electron chi connectivity index (χ2n) is 12.1. The molecule has 13 heteroatoms. The van der Waals surface area contributed by atoms with Gasteiger partial charge in [0.1, 0.15) is 29.9 Å². The average Bonchev–Trinajstić information content (AvgIpc) is 3.15. The van der Waals surface area contributed by atoms with Crippen LogP contribution < -0.4 is 26.8 Å². The number of carbonyl (C=O) groups excluding carboxylic acids is 4. The van der Waals surface area contributed by atoms with Crippen molar-refractivity contribution in [2.75, 3.05) is 6.54 Å². The fourth-order valence-electron chi connectivity index (χ4n) is 5.67. The first-order valence-electron chi connectivity index (χ1n) is 16.4. The van der Waals surface area contributed by atoms with E-state index in [4.69, 9.17) is 5.11 Å². The van der Waals surface area contributed by atoms with Gasteiger partial charge in [-0.2, -0.15) is 0 Å². The molecule has 0 unspecified atom stereocenters. The molecule has 52 heavy (non-hydrogen) atoms. The highest BCUT2D eigenvalue weighted by atomic mass is 16.4. The van der Waals surface area contributed by atoms with Crippen molar-refractivity contribution in [2.24, 2.45) is 7.05 Å². The average molecular weight is 704 g/mol. The number of benzene rings is 4. The molecule has 0 saturated heterocycles. The number of aryl methyl sites for hydroxylation is 1. The molecule has 5 rings (SSSR count). The van der Waals surface area contributed by atoms with Gasteiger partial charge in [-0.15, -0.1) is 0 Å². The molecule has 0 aliphatic carbocycles. The molecule has 4 amide bonds. The second kappa shape index (κ2) is 16.8. The quantitative estimate of drug-likeness (QED) is 0.101. The number of carbonyl (C=O) groups is 5. The van der Waals surface area contributed by atoms with E-state index in [9.17, 15) is 33.9 Å². The van der Waals surface area contributed by atoms with Crippen LogP contribution in [0.1, 0.15) is 37.4 Å². The molecule has 6 N–H and O–H groups in total. The van der Waals surface area contributed by atoms with Crippen LogP contribution >= 0.6 is 0 Å². The van der Waals surface area contributed by atoms with Gasteiger partial charge in [-0.25, -0.2) is 0 Å². The van der Waals surface area contributed by atoms with Gasteiger partial charge in [-0.1, -0.05) is 84.9 Å². The third-order valence-corrected chi connectivity index (χ3v) is 8.38. The summed E-state index contributed by atoms with van der Waals surface area (Å²) in [6, 6.07) is 29.4. The molecule has 2 atom stereocenters. The van der Waals surface area contributed by atoms with Crippen LogP contribution in [0.3, 0.4) is 0 Å². The number of hydrogen-bond donors (Lipinski definition) is 6. The summed E-state index contributed by atoms with van der Waals surface area (Å²) < 4.78 is 1.15. The molecule has 1 heterocycles. The van der Waals surface area contributed by atoms with E-state index in [-0.39, 0.29) is 24.8 Å². The molecular weight excluding hydrogens is 666 g/mol. The van der Waals surface area contributed by atoms with Crippen LogP contribution in [0.15, 0.2) is 114 Å². The van der Waals surface area contributed by atoms with Crippen molar-refractivity contribution in [3.63, 3.8) is 0 Å². The van der Waals surface area contributed by atoms with E-state index >= 15 is 0 Å². The minimum absolute atomic E-state index is 0.0586. The molecule has 0 bridgehead atoms. The summed E-state index contributed by atoms with van der Waals surface area (Å²) in [6.45, 7) is -0.810. The minimum atomic E-state index is -1.33. The van der Waals surface area contributed by atoms with Crippen molar-refractivity contribution < 1.29 is 34.2 Å². The maximum absolute atomic E-state index is 13.9. The van der Waals surface area contributed by atoms with Crippen molar-refractivity contribution in [3.05, 3.63) is 147 Å². The van der Waals surface area contributed by atoms with Crippen LogP contribution in [0.5, 0.6) is 5.75 Å². The summed E-state index contributed by atoms with van der Waals surface area (Å²) in [5.41, 5.74) is 1.31. The van der Waals surface area contributed by atoms with Crippen LogP contribution in [-0.2, 0) is 40.8 Å². The van der Waals surface area contributed by atoms with Crippen molar-refractivity contribution >= 4 is 40.5 Å². The number of aromatic nitrogens is 1. The van der Waals surface area contributed by atoms with Crippen LogP contribution in [0.4, 0.5) is 0 Å². The van der Waals surface area contributed by atoms with Gasteiger partial charge in [0.15, 0.2) is 0 Å². The highest BCUT2D eigenvalue weighted by Gasteiger charge is 2.28. The Bertz CT molecular complexity index is 2150. The number of aliphatic carboxylic acids is 1. The predicted molar refractivity (Wildman–Crippen MR) is 193 cm³/mol. The molecule has 0 aliphatic rings. The molecular formula is C39H37N5O8. The molecule has 5 aromatic rings. The number of aromatic hydroxyl groups is 1. The summed E-state index contributed by atoms with van der Waals surface area (Å²) >= 11 is 0. The van der Waals surface area contributed by atoms with Gasteiger partial charge < -0.3 is 36.0 Å². The predicted octanol–water partition coefficient (Wildman–Crippen LogP) is 2.44. The van der Waals surface area contributed by atoms with E-state index in [0.717, 1.165) is 15.7 Å². The Labute approximate surface area is 298 Å². The van der Waals surface area contributed by atoms with E-state index in [2.05, 4.69) is 21.3 Å². The maximum atomic E-state index is 13.9. The molecule has 0 aliphatic heterocycles. The standard InChI is InChI=1S/C39H37N5O8/c1-44-31-18-17-26(19-28(31)34(47)33(39(44)52)38(51)41-23-32(45)46)22-40-36(49)29(20-24-11-5-2-6-12-24)43-37(50)30(21-25-13-7-3-8-14-25)42-35(48)27-15-9-4-10-16-27/h2-19,29-30,47H,20-23H2,1H3,(H,40,49)(H,41,51)(H,42,48)(H,43,50)(H,45,46)/t29-,30+/m1/s1. The first-order valence-corrected chi connectivity index (χ1v) is 16.4. The van der Waals surface area contributed by atoms with E-state index in [0.29, 0.717) is 16.6 Å². The fourth-order valence-corrected chi connectivity index (χ4v) is 5.67. The zero-order chi connectivity index (χ0) is 37.2. The fraction of sp³-hybridized carbons (Fsp3) is 0.179. The third-order valence-electron chi connectivity index (χ3n) is 8.38. The van der Waals surface area contributed by atoms with Gasteiger partial charge >= 0.3 is 5.97 Å². The number of amides is 4. The molecule has 266 valence electrons. The maximum Gasteiger partial charge on any atom is 0.322 e. The number of pyridine rings is 1. The van der Waals surface area contributed by atoms with E-state index in [1.165, 1.54) is 13.1 Å². The molecule has 0 radical (unpaired) electrons. The van der Waals surface area contributed by atoms with Crippen molar-refractivity contribution in [2.45, 2.75) is 31.5 Å². The van der Waals surface area contributed by atoms with Crippen molar-refractivity contribution in [3.8, 4) is 5.75 Å². The lowest BCUT2D eigenvalue weighted by Gasteiger charge is -2.24. The van der Waals surface area contributed by atoms with Gasteiger partial charge in [0.2, 0.25) is 11.8 Å². The lowest BCUT2D eigenvalue weighted by atomic mass is 10.0. The lowest BCUT2D eigenvalue weighted by Crippen LogP contribution is -2.55. The normalized spacial score (nSPS) is 11.9. The molecule has 0 fully saturated rings. The van der Waals surface area contributed by atoms with Gasteiger partial charge in [0.25, 0.3) is 17.4 Å². The zero-order valence-electron chi connectivity index (χ0n) is 28.2. The molecule has 0 spiro atoms. The number of rotatable bonds is 14. The van der Waals surface area contributed by atoms with Gasteiger partial charge in [0.05, 0.1) is 5.52 Å². The van der Waals surface area contributed by atoms with Crippen LogP contribution in [0, 0.1) is 0 Å². The van der Waals surface area contributed by atoms with E-state index in [1.54, 1.807) is 42.5 Å². The largest absolute Gasteiger partial charge is 0.506 e. The topological polar surface area (TPSA) is 196 Å². The first-order chi connectivity index (χ1) is 25.0. The number of nitrogens with one attached hydrogen (secondary N) is 4. The van der Waals surface area contributed by atoms with Crippen LogP contribution in [0.2, 0.25) is 0 Å². The summed E-state index contributed by atoms with van der Waals surface area (Å²) in [7, 11) is 1.41.